The molecule has 0 aromatic heterocycles. The highest BCUT2D eigenvalue weighted by atomic mass is 15.2. The smallest absolute Gasteiger partial charge is 0.0747 e. The fourth-order valence-corrected chi connectivity index (χ4v) is 4.59. The van der Waals surface area contributed by atoms with Crippen LogP contribution in [0.25, 0.3) is 5.57 Å². The maximum Gasteiger partial charge on any atom is 0.0747 e. The molecule has 1 aliphatic carbocycles. The summed E-state index contributed by atoms with van der Waals surface area (Å²) >= 11 is 0. The Bertz CT molecular complexity index is 1130. The molecule has 0 amide bonds. The monoisotopic (exact) mass is 464 g/mol. The maximum absolute atomic E-state index is 2.47. The predicted octanol–water partition coefficient (Wildman–Crippen LogP) is 8.86. The Morgan fingerprint density at radius 2 is 1.51 bits per heavy atom. The molecule has 0 saturated carbocycles. The third kappa shape index (κ3) is 6.14. The first-order chi connectivity index (χ1) is 17.3. The first-order valence-corrected chi connectivity index (χ1v) is 13.1. The van der Waals surface area contributed by atoms with Gasteiger partial charge in [0.1, 0.15) is 0 Å². The molecule has 5 rings (SSSR count). The molecule has 1 atom stereocenters. The maximum atomic E-state index is 2.47. The van der Waals surface area contributed by atoms with Gasteiger partial charge in [-0.15, -0.1) is 0 Å². The van der Waals surface area contributed by atoms with Gasteiger partial charge in [0, 0.05) is 36.7 Å². The van der Waals surface area contributed by atoms with Crippen LogP contribution in [0.2, 0.25) is 0 Å². The summed E-state index contributed by atoms with van der Waals surface area (Å²) in [6.45, 7) is 8.89. The molecule has 2 heteroatoms. The van der Waals surface area contributed by atoms with Gasteiger partial charge in [0.25, 0.3) is 0 Å². The summed E-state index contributed by atoms with van der Waals surface area (Å²) in [6, 6.07) is 19.7. The molecule has 2 nitrogen and oxygen atoms in total. The van der Waals surface area contributed by atoms with E-state index in [0.717, 1.165) is 19.4 Å². The quantitative estimate of drug-likeness (QED) is 0.446. The second kappa shape index (κ2) is 13.4. The second-order valence-corrected chi connectivity index (χ2v) is 8.22. The summed E-state index contributed by atoms with van der Waals surface area (Å²) in [4.78, 5) is 4.78. The molecule has 0 N–H and O–H groups in total. The zero-order chi connectivity index (χ0) is 25.0. The van der Waals surface area contributed by atoms with Crippen LogP contribution >= 0.6 is 0 Å². The van der Waals surface area contributed by atoms with Gasteiger partial charge in [0.15, 0.2) is 0 Å². The standard InChI is InChI=1S/C29H28N2.2C2H6/c1-30-21-19-25(23-12-4-2-5-13-23)22-29(30)26-16-8-9-18-28(26)31-20-11-10-17-27(31)24-14-6-3-7-15-24;2*1-2/h2-6,8-14,16-19,21-22,29H,7,15,20H2,1H3;2*1-2H3. The Balaban J connectivity index is 0.000000815. The van der Waals surface area contributed by atoms with Crippen LogP contribution < -0.4 is 4.90 Å². The van der Waals surface area contributed by atoms with Crippen molar-refractivity contribution in [1.29, 1.82) is 0 Å². The van der Waals surface area contributed by atoms with Gasteiger partial charge in [-0.3, -0.25) is 0 Å². The average Bonchev–Trinajstić information content (AvgIpc) is 2.96. The van der Waals surface area contributed by atoms with Gasteiger partial charge in [0.2, 0.25) is 0 Å². The number of para-hydroxylation sites is 1. The predicted molar refractivity (Wildman–Crippen MR) is 154 cm³/mol. The number of allylic oxidation sites excluding steroid dienone is 8. The molecule has 0 spiro atoms. The second-order valence-electron chi connectivity index (χ2n) is 8.22. The van der Waals surface area contributed by atoms with Crippen molar-refractivity contribution in [3.05, 3.63) is 132 Å². The number of likely N-dealkylation sites (N-methyl/N-ethyl adjacent to an activating group) is 1. The molecule has 2 aromatic rings. The van der Waals surface area contributed by atoms with E-state index in [1.807, 2.05) is 27.7 Å². The lowest BCUT2D eigenvalue weighted by Crippen LogP contribution is -2.29. The summed E-state index contributed by atoms with van der Waals surface area (Å²) in [7, 11) is 2.16. The molecule has 2 aromatic carbocycles. The van der Waals surface area contributed by atoms with Gasteiger partial charge in [-0.25, -0.2) is 0 Å². The number of benzene rings is 2. The van der Waals surface area contributed by atoms with Crippen molar-refractivity contribution >= 4 is 11.3 Å². The van der Waals surface area contributed by atoms with E-state index in [9.17, 15) is 0 Å². The first-order valence-electron chi connectivity index (χ1n) is 13.1. The minimum atomic E-state index is 0.184. The minimum Gasteiger partial charge on any atom is -0.370 e. The van der Waals surface area contributed by atoms with Gasteiger partial charge >= 0.3 is 0 Å². The fourth-order valence-electron chi connectivity index (χ4n) is 4.59. The van der Waals surface area contributed by atoms with Crippen molar-refractivity contribution in [2.45, 2.75) is 46.6 Å². The summed E-state index contributed by atoms with van der Waals surface area (Å²) in [5.41, 5.74) is 7.88. The molecular formula is C33H40N2. The van der Waals surface area contributed by atoms with Crippen LogP contribution in [0.4, 0.5) is 5.69 Å². The van der Waals surface area contributed by atoms with E-state index in [1.54, 1.807) is 0 Å². The van der Waals surface area contributed by atoms with E-state index in [0.29, 0.717) is 0 Å². The van der Waals surface area contributed by atoms with E-state index in [-0.39, 0.29) is 6.04 Å². The van der Waals surface area contributed by atoms with E-state index in [1.165, 1.54) is 33.7 Å². The number of nitrogens with zero attached hydrogens (tertiary/aromatic N) is 2. The van der Waals surface area contributed by atoms with Crippen LogP contribution in [0.3, 0.4) is 0 Å². The van der Waals surface area contributed by atoms with Crippen molar-refractivity contribution in [3.63, 3.8) is 0 Å². The van der Waals surface area contributed by atoms with Crippen molar-refractivity contribution in [3.8, 4) is 0 Å². The molecular weight excluding hydrogens is 424 g/mol. The topological polar surface area (TPSA) is 6.48 Å². The zero-order valence-corrected chi connectivity index (χ0v) is 22.0. The number of hydrogen-bond acceptors (Lipinski definition) is 2. The van der Waals surface area contributed by atoms with Crippen LogP contribution in [0.5, 0.6) is 0 Å². The van der Waals surface area contributed by atoms with E-state index in [4.69, 9.17) is 0 Å². The molecule has 0 radical (unpaired) electrons. The normalized spacial score (nSPS) is 18.4. The minimum absolute atomic E-state index is 0.184. The van der Waals surface area contributed by atoms with Crippen molar-refractivity contribution in [2.24, 2.45) is 0 Å². The molecule has 0 saturated heterocycles. The van der Waals surface area contributed by atoms with Crippen molar-refractivity contribution in [2.75, 3.05) is 18.5 Å². The first kappa shape index (κ1) is 26.1. The number of anilines is 1. The lowest BCUT2D eigenvalue weighted by Gasteiger charge is -2.36. The SMILES string of the molecule is CC.CC.CN1C=CC(c2ccccc2)=CC1c1ccccc1N1CC=CC=C1C1=CC=CCC1. The van der Waals surface area contributed by atoms with Crippen LogP contribution in [0.1, 0.15) is 57.7 Å². The van der Waals surface area contributed by atoms with E-state index in [2.05, 4.69) is 126 Å². The fraction of sp³-hybridized carbons (Fsp3) is 0.273. The number of rotatable bonds is 4. The third-order valence-electron chi connectivity index (χ3n) is 6.23. The Morgan fingerprint density at radius 3 is 2.26 bits per heavy atom. The molecule has 0 bridgehead atoms. The summed E-state index contributed by atoms with van der Waals surface area (Å²) in [5, 5.41) is 0. The highest BCUT2D eigenvalue weighted by molar-refractivity contribution is 5.76. The average molecular weight is 465 g/mol. The highest BCUT2D eigenvalue weighted by Crippen LogP contribution is 2.39. The molecule has 182 valence electrons. The highest BCUT2D eigenvalue weighted by Gasteiger charge is 2.25. The van der Waals surface area contributed by atoms with Crippen LogP contribution in [-0.2, 0) is 0 Å². The lowest BCUT2D eigenvalue weighted by molar-refractivity contribution is 0.391. The van der Waals surface area contributed by atoms with Gasteiger partial charge < -0.3 is 9.80 Å². The van der Waals surface area contributed by atoms with Crippen LogP contribution in [0.15, 0.2) is 121 Å². The van der Waals surface area contributed by atoms with Crippen molar-refractivity contribution < 1.29 is 0 Å². The Hall–Kier alpha value is -3.52. The molecule has 0 fully saturated rings. The third-order valence-corrected chi connectivity index (χ3v) is 6.23. The van der Waals surface area contributed by atoms with E-state index >= 15 is 0 Å². The molecule has 2 aliphatic heterocycles. The Labute approximate surface area is 213 Å². The van der Waals surface area contributed by atoms with E-state index < -0.39 is 0 Å². The van der Waals surface area contributed by atoms with Crippen LogP contribution in [-0.4, -0.2) is 18.5 Å². The van der Waals surface area contributed by atoms with Crippen LogP contribution in [0, 0.1) is 0 Å². The molecule has 35 heavy (non-hydrogen) atoms. The largest absolute Gasteiger partial charge is 0.370 e. The zero-order valence-electron chi connectivity index (χ0n) is 22.0. The summed E-state index contributed by atoms with van der Waals surface area (Å²) in [5.74, 6) is 0. The molecule has 2 heterocycles. The molecule has 1 unspecified atom stereocenters. The molecule has 3 aliphatic rings. The van der Waals surface area contributed by atoms with Crippen molar-refractivity contribution in [1.82, 2.24) is 4.90 Å². The summed E-state index contributed by atoms with van der Waals surface area (Å²) < 4.78 is 0. The number of hydrogen-bond donors (Lipinski definition) is 0. The van der Waals surface area contributed by atoms with Gasteiger partial charge in [-0.1, -0.05) is 107 Å². The van der Waals surface area contributed by atoms with Gasteiger partial charge in [-0.05, 0) is 53.8 Å². The van der Waals surface area contributed by atoms with Gasteiger partial charge in [-0.2, -0.15) is 0 Å². The summed E-state index contributed by atoms with van der Waals surface area (Å²) in [6.07, 6.45) is 22.4. The van der Waals surface area contributed by atoms with Gasteiger partial charge in [0.05, 0.1) is 6.04 Å². The Kier molecular flexibility index (Phi) is 9.98. The lowest BCUT2D eigenvalue weighted by atomic mass is 9.93. The Morgan fingerprint density at radius 1 is 0.800 bits per heavy atom.